The van der Waals surface area contributed by atoms with E-state index in [2.05, 4.69) is 41.4 Å². The summed E-state index contributed by atoms with van der Waals surface area (Å²) in [5.74, 6) is 0.825. The van der Waals surface area contributed by atoms with E-state index in [4.69, 9.17) is 5.73 Å². The number of nitrogens with one attached hydrogen (secondary N) is 2. The molecule has 0 radical (unpaired) electrons. The Morgan fingerprint density at radius 1 is 1.32 bits per heavy atom. The van der Waals surface area contributed by atoms with Crippen LogP contribution in [0, 0.1) is 6.92 Å². The molecule has 0 fully saturated rings. The minimum Gasteiger partial charge on any atom is -0.368 e. The summed E-state index contributed by atoms with van der Waals surface area (Å²) in [6, 6.07) is 5.96. The van der Waals surface area contributed by atoms with Gasteiger partial charge in [-0.25, -0.2) is 0 Å². The fraction of sp³-hybridized carbons (Fsp3) is 0.0833. The van der Waals surface area contributed by atoms with Crippen LogP contribution in [0.3, 0.4) is 0 Å². The first kappa shape index (κ1) is 11.9. The summed E-state index contributed by atoms with van der Waals surface area (Å²) in [4.78, 5) is 8.29. The van der Waals surface area contributed by atoms with Crippen LogP contribution < -0.4 is 11.1 Å². The zero-order valence-corrected chi connectivity index (χ0v) is 11.7. The largest absolute Gasteiger partial charge is 0.368 e. The maximum atomic E-state index is 5.68. The number of nitrogen functional groups attached to an aromatic ring is 1. The summed E-state index contributed by atoms with van der Waals surface area (Å²) in [6.07, 6.45) is 1.67. The average Bonchev–Trinajstić information content (AvgIpc) is 2.83. The van der Waals surface area contributed by atoms with Crippen molar-refractivity contribution in [3.05, 3.63) is 34.4 Å². The molecule has 0 saturated carbocycles. The molecule has 1 aromatic carbocycles. The van der Waals surface area contributed by atoms with Gasteiger partial charge in [0.05, 0.1) is 17.3 Å². The van der Waals surface area contributed by atoms with Gasteiger partial charge in [-0.15, -0.1) is 0 Å². The van der Waals surface area contributed by atoms with Gasteiger partial charge < -0.3 is 11.1 Å². The molecule has 0 amide bonds. The number of aryl methyl sites for hydroxylation is 1. The van der Waals surface area contributed by atoms with Crippen molar-refractivity contribution in [3.63, 3.8) is 0 Å². The molecule has 2 heterocycles. The minimum absolute atomic E-state index is 0.197. The highest BCUT2D eigenvalue weighted by molar-refractivity contribution is 9.10. The number of benzene rings is 1. The normalized spacial score (nSPS) is 10.8. The van der Waals surface area contributed by atoms with Gasteiger partial charge >= 0.3 is 0 Å². The van der Waals surface area contributed by atoms with Gasteiger partial charge in [-0.05, 0) is 34.5 Å². The number of aromatic nitrogens is 4. The van der Waals surface area contributed by atoms with Gasteiger partial charge in [0.2, 0.25) is 5.95 Å². The smallest absolute Gasteiger partial charge is 0.224 e. The molecule has 4 N–H and O–H groups in total. The standard InChI is InChI=1S/C12H11BrN6/c1-6-3-2-4-8(9(6)13)16-10-7-5-15-19-11(7)18-12(14)17-10/h2-5H,1H3,(H4,14,15,16,17,18,19). The van der Waals surface area contributed by atoms with Crippen LogP contribution in [0.5, 0.6) is 0 Å². The number of fused-ring (bicyclic) bond motifs is 1. The summed E-state index contributed by atoms with van der Waals surface area (Å²) in [6.45, 7) is 2.02. The molecule has 7 heteroatoms. The second kappa shape index (κ2) is 4.51. The number of hydrogen-bond donors (Lipinski definition) is 3. The van der Waals surface area contributed by atoms with Crippen LogP contribution in [0.2, 0.25) is 0 Å². The SMILES string of the molecule is Cc1cccc(Nc2nc(N)nc3[nH]ncc23)c1Br. The molecule has 0 aliphatic carbocycles. The second-order valence-corrected chi connectivity index (χ2v) is 4.92. The lowest BCUT2D eigenvalue weighted by atomic mass is 10.2. The lowest BCUT2D eigenvalue weighted by molar-refractivity contribution is 1.09. The molecule has 0 saturated heterocycles. The Kier molecular flexibility index (Phi) is 2.83. The first-order valence-electron chi connectivity index (χ1n) is 5.64. The highest BCUT2D eigenvalue weighted by Crippen LogP contribution is 2.30. The van der Waals surface area contributed by atoms with E-state index in [9.17, 15) is 0 Å². The average molecular weight is 319 g/mol. The molecule has 2 aromatic heterocycles. The molecule has 19 heavy (non-hydrogen) atoms. The molecule has 0 aliphatic rings. The Morgan fingerprint density at radius 3 is 3.00 bits per heavy atom. The maximum Gasteiger partial charge on any atom is 0.224 e. The molecule has 0 atom stereocenters. The van der Waals surface area contributed by atoms with Gasteiger partial charge in [0.15, 0.2) is 5.65 Å². The highest BCUT2D eigenvalue weighted by atomic mass is 79.9. The van der Waals surface area contributed by atoms with E-state index in [1.54, 1.807) is 6.20 Å². The minimum atomic E-state index is 0.197. The predicted octanol–water partition coefficient (Wildman–Crippen LogP) is 2.75. The first-order valence-corrected chi connectivity index (χ1v) is 6.43. The van der Waals surface area contributed by atoms with Crippen molar-refractivity contribution in [3.8, 4) is 0 Å². The maximum absolute atomic E-state index is 5.68. The molecular formula is C12H11BrN6. The van der Waals surface area contributed by atoms with E-state index in [-0.39, 0.29) is 5.95 Å². The zero-order chi connectivity index (χ0) is 13.4. The topological polar surface area (TPSA) is 92.5 Å². The lowest BCUT2D eigenvalue weighted by Crippen LogP contribution is -2.01. The molecule has 0 spiro atoms. The lowest BCUT2D eigenvalue weighted by Gasteiger charge is -2.10. The predicted molar refractivity (Wildman–Crippen MR) is 78.3 cm³/mol. The van der Waals surface area contributed by atoms with Crippen LogP contribution in [-0.4, -0.2) is 20.2 Å². The number of halogens is 1. The number of H-pyrrole nitrogens is 1. The summed E-state index contributed by atoms with van der Waals surface area (Å²) in [5, 5.41) is 10.8. The Morgan fingerprint density at radius 2 is 2.16 bits per heavy atom. The number of nitrogens with two attached hydrogens (primary N) is 1. The van der Waals surface area contributed by atoms with Gasteiger partial charge in [0, 0.05) is 4.47 Å². The molecule has 0 aliphatic heterocycles. The van der Waals surface area contributed by atoms with Crippen molar-refractivity contribution in [2.24, 2.45) is 0 Å². The van der Waals surface area contributed by atoms with Crippen molar-refractivity contribution in [1.29, 1.82) is 0 Å². The Hall–Kier alpha value is -2.15. The van der Waals surface area contributed by atoms with Gasteiger partial charge in [-0.1, -0.05) is 12.1 Å². The number of hydrogen-bond acceptors (Lipinski definition) is 5. The van der Waals surface area contributed by atoms with Crippen molar-refractivity contribution in [2.75, 3.05) is 11.1 Å². The molecular weight excluding hydrogens is 308 g/mol. The van der Waals surface area contributed by atoms with E-state index in [1.807, 2.05) is 25.1 Å². The number of anilines is 3. The third-order valence-electron chi connectivity index (χ3n) is 2.77. The summed E-state index contributed by atoms with van der Waals surface area (Å²) in [7, 11) is 0. The van der Waals surface area contributed by atoms with E-state index < -0.39 is 0 Å². The van der Waals surface area contributed by atoms with E-state index in [1.165, 1.54) is 0 Å². The van der Waals surface area contributed by atoms with Crippen LogP contribution in [0.15, 0.2) is 28.9 Å². The van der Waals surface area contributed by atoms with E-state index in [0.29, 0.717) is 11.5 Å². The third-order valence-corrected chi connectivity index (χ3v) is 3.82. The fourth-order valence-electron chi connectivity index (χ4n) is 1.82. The molecule has 3 rings (SSSR count). The summed E-state index contributed by atoms with van der Waals surface area (Å²) < 4.78 is 0.990. The molecule has 0 unspecified atom stereocenters. The van der Waals surface area contributed by atoms with Crippen LogP contribution in [-0.2, 0) is 0 Å². The van der Waals surface area contributed by atoms with E-state index >= 15 is 0 Å². The van der Waals surface area contributed by atoms with E-state index in [0.717, 1.165) is 21.1 Å². The first-order chi connectivity index (χ1) is 9.15. The van der Waals surface area contributed by atoms with Crippen molar-refractivity contribution >= 4 is 44.4 Å². The van der Waals surface area contributed by atoms with Gasteiger partial charge in [-0.3, -0.25) is 5.10 Å². The summed E-state index contributed by atoms with van der Waals surface area (Å²) >= 11 is 3.55. The van der Waals surface area contributed by atoms with Crippen molar-refractivity contribution in [1.82, 2.24) is 20.2 Å². The van der Waals surface area contributed by atoms with Crippen molar-refractivity contribution in [2.45, 2.75) is 6.92 Å². The van der Waals surface area contributed by atoms with Gasteiger partial charge in [0.25, 0.3) is 0 Å². The third kappa shape index (κ3) is 2.12. The second-order valence-electron chi connectivity index (χ2n) is 4.12. The fourth-order valence-corrected chi connectivity index (χ4v) is 2.18. The highest BCUT2D eigenvalue weighted by Gasteiger charge is 2.10. The van der Waals surface area contributed by atoms with Crippen LogP contribution in [0.1, 0.15) is 5.56 Å². The van der Waals surface area contributed by atoms with Crippen LogP contribution in [0.4, 0.5) is 17.5 Å². The van der Waals surface area contributed by atoms with Gasteiger partial charge in [-0.2, -0.15) is 15.1 Å². The monoisotopic (exact) mass is 318 g/mol. The number of nitrogens with zero attached hydrogens (tertiary/aromatic N) is 3. The zero-order valence-electron chi connectivity index (χ0n) is 10.1. The number of rotatable bonds is 2. The van der Waals surface area contributed by atoms with Crippen molar-refractivity contribution < 1.29 is 0 Å². The Bertz CT molecular complexity index is 751. The van der Waals surface area contributed by atoms with Gasteiger partial charge in [0.1, 0.15) is 5.82 Å². The molecule has 0 bridgehead atoms. The Labute approximate surface area is 117 Å². The molecule has 6 nitrogen and oxygen atoms in total. The molecule has 3 aromatic rings. The summed E-state index contributed by atoms with van der Waals surface area (Å²) in [5.41, 5.74) is 8.35. The van der Waals surface area contributed by atoms with Crippen LogP contribution in [0.25, 0.3) is 11.0 Å². The quantitative estimate of drug-likeness (QED) is 0.675. The number of aromatic amines is 1. The Balaban J connectivity index is 2.10. The van der Waals surface area contributed by atoms with Crippen LogP contribution >= 0.6 is 15.9 Å². The molecule has 96 valence electrons.